The highest BCUT2D eigenvalue weighted by Gasteiger charge is 2.25. The summed E-state index contributed by atoms with van der Waals surface area (Å²) in [6.45, 7) is 2.77. The molecule has 0 atom stereocenters. The fourth-order valence-corrected chi connectivity index (χ4v) is 2.89. The fourth-order valence-electron chi connectivity index (χ4n) is 2.89. The number of ketones is 1. The number of rotatable bonds is 3. The molecule has 0 radical (unpaired) electrons. The van der Waals surface area contributed by atoms with Gasteiger partial charge in [-0.1, -0.05) is 17.3 Å². The maximum absolute atomic E-state index is 12.4. The molecule has 0 unspecified atom stereocenters. The Morgan fingerprint density at radius 1 is 1.29 bits per heavy atom. The molecule has 1 aliphatic rings. The molecule has 0 saturated carbocycles. The average Bonchev–Trinajstić information content (AvgIpc) is 3.01. The van der Waals surface area contributed by atoms with E-state index < -0.39 is 0 Å². The molecule has 2 aromatic rings. The lowest BCUT2D eigenvalue weighted by Crippen LogP contribution is -2.40. The predicted octanol–water partition coefficient (Wildman–Crippen LogP) is 2.87. The number of amides is 2. The van der Waals surface area contributed by atoms with Crippen molar-refractivity contribution in [3.63, 3.8) is 0 Å². The number of urea groups is 1. The van der Waals surface area contributed by atoms with Crippen LogP contribution in [0.15, 0.2) is 34.9 Å². The number of hydrogen-bond acceptors (Lipinski definition) is 5. The topological polar surface area (TPSA) is 101 Å². The van der Waals surface area contributed by atoms with Crippen LogP contribution in [-0.4, -0.2) is 35.0 Å². The minimum atomic E-state index is -0.159. The van der Waals surface area contributed by atoms with Gasteiger partial charge in [0.1, 0.15) is 0 Å². The SMILES string of the molecule is CC(=O)c1cccc(NC(=O)N2CCC(c3cc(N)on3)CC2)c1. The molecule has 1 fully saturated rings. The molecule has 1 aliphatic heterocycles. The third kappa shape index (κ3) is 3.56. The Bertz CT molecular complexity index is 748. The average molecular weight is 328 g/mol. The molecule has 7 heteroatoms. The summed E-state index contributed by atoms with van der Waals surface area (Å²) < 4.78 is 4.91. The number of nitrogens with two attached hydrogens (primary N) is 1. The van der Waals surface area contributed by atoms with Gasteiger partial charge in [-0.05, 0) is 31.9 Å². The molecule has 126 valence electrons. The van der Waals surface area contributed by atoms with Gasteiger partial charge in [-0.3, -0.25) is 4.79 Å². The van der Waals surface area contributed by atoms with Gasteiger partial charge >= 0.3 is 6.03 Å². The summed E-state index contributed by atoms with van der Waals surface area (Å²) in [5, 5.41) is 6.80. The van der Waals surface area contributed by atoms with Gasteiger partial charge in [0.05, 0.1) is 5.69 Å². The number of nitrogens with zero attached hydrogens (tertiary/aromatic N) is 2. The number of hydrogen-bond donors (Lipinski definition) is 2. The van der Waals surface area contributed by atoms with E-state index in [9.17, 15) is 9.59 Å². The normalized spacial score (nSPS) is 15.3. The van der Waals surface area contributed by atoms with Crippen LogP contribution in [0.1, 0.15) is 41.7 Å². The van der Waals surface area contributed by atoms with Crippen LogP contribution in [0, 0.1) is 0 Å². The summed E-state index contributed by atoms with van der Waals surface area (Å²) in [7, 11) is 0. The smallest absolute Gasteiger partial charge is 0.321 e. The van der Waals surface area contributed by atoms with Crippen molar-refractivity contribution in [2.45, 2.75) is 25.7 Å². The second-order valence-corrected chi connectivity index (χ2v) is 5.98. The first kappa shape index (κ1) is 16.0. The van der Waals surface area contributed by atoms with Crippen LogP contribution in [0.2, 0.25) is 0 Å². The summed E-state index contributed by atoms with van der Waals surface area (Å²) in [5.41, 5.74) is 7.60. The highest BCUT2D eigenvalue weighted by atomic mass is 16.5. The highest BCUT2D eigenvalue weighted by molar-refractivity contribution is 5.96. The second-order valence-electron chi connectivity index (χ2n) is 5.98. The fraction of sp³-hybridized carbons (Fsp3) is 0.353. The van der Waals surface area contributed by atoms with Crippen LogP contribution in [0.5, 0.6) is 0 Å². The molecule has 1 aromatic heterocycles. The molecular weight excluding hydrogens is 308 g/mol. The van der Waals surface area contributed by atoms with Gasteiger partial charge in [-0.15, -0.1) is 0 Å². The molecule has 0 bridgehead atoms. The largest absolute Gasteiger partial charge is 0.368 e. The molecule has 2 heterocycles. The van der Waals surface area contributed by atoms with E-state index in [1.54, 1.807) is 35.2 Å². The van der Waals surface area contributed by atoms with Crippen molar-refractivity contribution in [2.75, 3.05) is 24.1 Å². The number of nitrogens with one attached hydrogen (secondary N) is 1. The van der Waals surface area contributed by atoms with Gasteiger partial charge in [-0.2, -0.15) is 0 Å². The van der Waals surface area contributed by atoms with Gasteiger partial charge in [-0.25, -0.2) is 4.79 Å². The van der Waals surface area contributed by atoms with Gasteiger partial charge in [0.15, 0.2) is 5.78 Å². The monoisotopic (exact) mass is 328 g/mol. The number of aromatic nitrogens is 1. The number of piperidine rings is 1. The molecule has 2 amide bonds. The zero-order valence-electron chi connectivity index (χ0n) is 13.5. The van der Waals surface area contributed by atoms with Crippen molar-refractivity contribution in [1.29, 1.82) is 0 Å². The molecule has 0 aliphatic carbocycles. The molecular formula is C17H20N4O3. The van der Waals surface area contributed by atoms with Crippen molar-refractivity contribution in [2.24, 2.45) is 0 Å². The minimum absolute atomic E-state index is 0.0289. The van der Waals surface area contributed by atoms with Crippen molar-refractivity contribution in [3.8, 4) is 0 Å². The van der Waals surface area contributed by atoms with Crippen LogP contribution in [0.3, 0.4) is 0 Å². The van der Waals surface area contributed by atoms with E-state index in [4.69, 9.17) is 10.3 Å². The summed E-state index contributed by atoms with van der Waals surface area (Å²) in [6.07, 6.45) is 1.62. The van der Waals surface area contributed by atoms with E-state index in [1.807, 2.05) is 0 Å². The quantitative estimate of drug-likeness (QED) is 0.844. The first-order chi connectivity index (χ1) is 11.5. The summed E-state index contributed by atoms with van der Waals surface area (Å²) in [4.78, 5) is 25.5. The van der Waals surface area contributed by atoms with Crippen LogP contribution < -0.4 is 11.1 Å². The maximum atomic E-state index is 12.4. The number of carbonyl (C=O) groups is 2. The van der Waals surface area contributed by atoms with E-state index in [0.717, 1.165) is 18.5 Å². The zero-order chi connectivity index (χ0) is 17.1. The molecule has 24 heavy (non-hydrogen) atoms. The van der Waals surface area contributed by atoms with Crippen LogP contribution in [0.25, 0.3) is 0 Å². The third-order valence-corrected chi connectivity index (χ3v) is 4.27. The zero-order valence-corrected chi connectivity index (χ0v) is 13.5. The first-order valence-electron chi connectivity index (χ1n) is 7.92. The van der Waals surface area contributed by atoms with Gasteiger partial charge in [0.2, 0.25) is 5.88 Å². The van der Waals surface area contributed by atoms with E-state index in [2.05, 4.69) is 10.5 Å². The van der Waals surface area contributed by atoms with Crippen molar-refractivity contribution in [3.05, 3.63) is 41.6 Å². The summed E-state index contributed by atoms with van der Waals surface area (Å²) >= 11 is 0. The number of Topliss-reactive ketones (excluding diaryl/α,β-unsaturated/α-hetero) is 1. The lowest BCUT2D eigenvalue weighted by atomic mass is 9.94. The standard InChI is InChI=1S/C17H20N4O3/c1-11(22)13-3-2-4-14(9-13)19-17(23)21-7-5-12(6-8-21)15-10-16(18)24-20-15/h2-4,9-10,12H,5-8,18H2,1H3,(H,19,23). The van der Waals surface area contributed by atoms with Crippen molar-refractivity contribution >= 4 is 23.4 Å². The Morgan fingerprint density at radius 2 is 2.04 bits per heavy atom. The molecule has 1 aromatic carbocycles. The van der Waals surface area contributed by atoms with Crippen LogP contribution >= 0.6 is 0 Å². The van der Waals surface area contributed by atoms with E-state index in [0.29, 0.717) is 30.2 Å². The molecule has 3 rings (SSSR count). The Labute approximate surface area is 139 Å². The van der Waals surface area contributed by atoms with Gasteiger partial charge < -0.3 is 20.5 Å². The molecule has 1 saturated heterocycles. The Hall–Kier alpha value is -2.83. The van der Waals surface area contributed by atoms with Gasteiger partial charge in [0.25, 0.3) is 0 Å². The number of likely N-dealkylation sites (tertiary alicyclic amines) is 1. The predicted molar refractivity (Wildman–Crippen MR) is 89.9 cm³/mol. The highest BCUT2D eigenvalue weighted by Crippen LogP contribution is 2.28. The minimum Gasteiger partial charge on any atom is -0.368 e. The summed E-state index contributed by atoms with van der Waals surface area (Å²) in [5.74, 6) is 0.547. The lowest BCUT2D eigenvalue weighted by molar-refractivity contribution is 0.101. The van der Waals surface area contributed by atoms with Crippen molar-refractivity contribution < 1.29 is 14.1 Å². The Kier molecular flexibility index (Phi) is 4.50. The molecule has 3 N–H and O–H groups in total. The number of carbonyl (C=O) groups excluding carboxylic acids is 2. The summed E-state index contributed by atoms with van der Waals surface area (Å²) in [6, 6.07) is 8.53. The van der Waals surface area contributed by atoms with E-state index >= 15 is 0 Å². The Morgan fingerprint density at radius 3 is 2.67 bits per heavy atom. The van der Waals surface area contributed by atoms with Crippen LogP contribution in [-0.2, 0) is 0 Å². The lowest BCUT2D eigenvalue weighted by Gasteiger charge is -2.31. The number of nitrogen functional groups attached to an aromatic ring is 1. The Balaban J connectivity index is 1.57. The van der Waals surface area contributed by atoms with E-state index in [-0.39, 0.29) is 17.7 Å². The maximum Gasteiger partial charge on any atom is 0.321 e. The van der Waals surface area contributed by atoms with Gasteiger partial charge in [0, 0.05) is 36.3 Å². The molecule has 7 nitrogen and oxygen atoms in total. The molecule has 0 spiro atoms. The number of benzene rings is 1. The van der Waals surface area contributed by atoms with Crippen LogP contribution in [0.4, 0.5) is 16.4 Å². The van der Waals surface area contributed by atoms with E-state index in [1.165, 1.54) is 6.92 Å². The third-order valence-electron chi connectivity index (χ3n) is 4.27. The number of anilines is 2. The first-order valence-corrected chi connectivity index (χ1v) is 7.92. The second kappa shape index (κ2) is 6.74. The van der Waals surface area contributed by atoms with Crippen molar-refractivity contribution in [1.82, 2.24) is 10.1 Å².